The largest absolute Gasteiger partial charge is 0.456 e. The van der Waals surface area contributed by atoms with Crippen molar-refractivity contribution in [1.82, 2.24) is 15.0 Å². The number of furan rings is 1. The molecule has 0 saturated carbocycles. The van der Waals surface area contributed by atoms with Gasteiger partial charge in [-0.05, 0) is 18.2 Å². The first-order valence-corrected chi connectivity index (χ1v) is 10.4. The summed E-state index contributed by atoms with van der Waals surface area (Å²) in [5.41, 5.74) is 4.69. The Bertz CT molecular complexity index is 1480. The molecule has 0 aliphatic heterocycles. The molecule has 0 N–H and O–H groups in total. The Labute approximate surface area is 185 Å². The van der Waals surface area contributed by atoms with Crippen LogP contribution in [0, 0.1) is 11.8 Å². The first-order chi connectivity index (χ1) is 15.9. The summed E-state index contributed by atoms with van der Waals surface area (Å²) in [6.45, 7) is 0. The van der Waals surface area contributed by atoms with E-state index in [0.717, 1.165) is 39.0 Å². The van der Waals surface area contributed by atoms with Crippen LogP contribution in [-0.4, -0.2) is 15.0 Å². The molecule has 0 atom stereocenters. The predicted octanol–water partition coefficient (Wildman–Crippen LogP) is 6.19. The Morgan fingerprint density at radius 2 is 1.34 bits per heavy atom. The van der Waals surface area contributed by atoms with Gasteiger partial charge in [0.05, 0.1) is 0 Å². The molecule has 32 heavy (non-hydrogen) atoms. The Kier molecular flexibility index (Phi) is 4.37. The fourth-order valence-corrected chi connectivity index (χ4v) is 3.97. The number of hydrogen-bond donors (Lipinski definition) is 0. The van der Waals surface area contributed by atoms with Gasteiger partial charge in [0.1, 0.15) is 11.3 Å². The zero-order chi connectivity index (χ0) is 21.3. The van der Waals surface area contributed by atoms with E-state index in [-0.39, 0.29) is 0 Å². The van der Waals surface area contributed by atoms with Gasteiger partial charge < -0.3 is 4.42 Å². The molecular weight excluding hydrogens is 394 g/mol. The summed E-state index contributed by atoms with van der Waals surface area (Å²) in [5.74, 6) is 8.94. The van der Waals surface area contributed by atoms with Crippen molar-refractivity contribution in [2.24, 2.45) is 0 Å². The summed E-state index contributed by atoms with van der Waals surface area (Å²) in [6, 6.07) is 26.0. The van der Waals surface area contributed by atoms with Gasteiger partial charge in [-0.15, -0.1) is 0 Å². The molecule has 2 heterocycles. The standard InChI is InChI=1S/C28H17N3O/c1-4-11-19(12-5-1)26-29-27(20-13-6-2-7-14-20)31-28(30-26)22-16-10-18-24-25(22)21-15-8-3-9-17-23(21)32-24/h1-2,4-7,9-14,16-18H,15H2. The van der Waals surface area contributed by atoms with Crippen molar-refractivity contribution in [3.8, 4) is 46.0 Å². The molecule has 1 aliphatic rings. The van der Waals surface area contributed by atoms with Crippen molar-refractivity contribution in [3.05, 3.63) is 96.3 Å². The fourth-order valence-electron chi connectivity index (χ4n) is 3.97. The van der Waals surface area contributed by atoms with Crippen LogP contribution in [0.25, 0.3) is 51.2 Å². The lowest BCUT2D eigenvalue weighted by molar-refractivity contribution is 0.600. The minimum atomic E-state index is 0.619. The van der Waals surface area contributed by atoms with E-state index >= 15 is 0 Å². The molecule has 0 spiro atoms. The van der Waals surface area contributed by atoms with Crippen molar-refractivity contribution in [3.63, 3.8) is 0 Å². The molecule has 150 valence electrons. The van der Waals surface area contributed by atoms with Crippen LogP contribution in [0.15, 0.2) is 89.4 Å². The second-order valence-corrected chi connectivity index (χ2v) is 7.49. The second-order valence-electron chi connectivity index (χ2n) is 7.49. The molecule has 6 rings (SSSR count). The second kappa shape index (κ2) is 7.64. The number of hydrogen-bond acceptors (Lipinski definition) is 4. The van der Waals surface area contributed by atoms with Crippen LogP contribution < -0.4 is 0 Å². The lowest BCUT2D eigenvalue weighted by Gasteiger charge is -2.09. The van der Waals surface area contributed by atoms with Gasteiger partial charge in [-0.25, -0.2) is 15.0 Å². The minimum absolute atomic E-state index is 0.619. The molecule has 2 aromatic heterocycles. The van der Waals surface area contributed by atoms with Gasteiger partial charge in [0, 0.05) is 34.1 Å². The van der Waals surface area contributed by atoms with Gasteiger partial charge in [0.25, 0.3) is 0 Å². The van der Waals surface area contributed by atoms with Crippen molar-refractivity contribution in [2.75, 3.05) is 0 Å². The van der Waals surface area contributed by atoms with Crippen LogP contribution in [0.5, 0.6) is 0 Å². The molecule has 4 nitrogen and oxygen atoms in total. The number of rotatable bonds is 3. The minimum Gasteiger partial charge on any atom is -0.456 e. The highest BCUT2D eigenvalue weighted by molar-refractivity contribution is 5.97. The molecule has 0 bridgehead atoms. The normalized spacial score (nSPS) is 12.1. The quantitative estimate of drug-likeness (QED) is 0.332. The van der Waals surface area contributed by atoms with E-state index in [0.29, 0.717) is 23.9 Å². The van der Waals surface area contributed by atoms with Gasteiger partial charge in [0.15, 0.2) is 17.5 Å². The Hall–Kier alpha value is -4.49. The third kappa shape index (κ3) is 3.17. The van der Waals surface area contributed by atoms with Gasteiger partial charge in [-0.3, -0.25) is 0 Å². The van der Waals surface area contributed by atoms with E-state index < -0.39 is 0 Å². The lowest BCUT2D eigenvalue weighted by atomic mass is 10.0. The highest BCUT2D eigenvalue weighted by Crippen LogP contribution is 2.36. The third-order valence-electron chi connectivity index (χ3n) is 5.47. The molecule has 0 unspecified atom stereocenters. The summed E-state index contributed by atoms with van der Waals surface area (Å²) in [6.07, 6.45) is 4.38. The molecule has 0 fully saturated rings. The zero-order valence-electron chi connectivity index (χ0n) is 17.1. The molecule has 3 aromatic carbocycles. The number of allylic oxidation sites excluding steroid dienone is 1. The van der Waals surface area contributed by atoms with E-state index in [1.54, 1.807) is 0 Å². The van der Waals surface area contributed by atoms with Crippen LogP contribution in [-0.2, 0) is 6.42 Å². The summed E-state index contributed by atoms with van der Waals surface area (Å²) in [4.78, 5) is 14.6. The average molecular weight is 411 g/mol. The fraction of sp³-hybridized carbons (Fsp3) is 0.0357. The highest BCUT2D eigenvalue weighted by Gasteiger charge is 2.20. The van der Waals surface area contributed by atoms with Gasteiger partial charge >= 0.3 is 0 Å². The monoisotopic (exact) mass is 411 g/mol. The van der Waals surface area contributed by atoms with Crippen molar-refractivity contribution >= 4 is 17.0 Å². The van der Waals surface area contributed by atoms with Crippen LogP contribution in [0.2, 0.25) is 0 Å². The number of fused-ring (bicyclic) bond motifs is 3. The van der Waals surface area contributed by atoms with Crippen LogP contribution in [0.1, 0.15) is 11.3 Å². The number of aromatic nitrogens is 3. The van der Waals surface area contributed by atoms with Crippen molar-refractivity contribution < 1.29 is 4.42 Å². The van der Waals surface area contributed by atoms with Gasteiger partial charge in [-0.2, -0.15) is 0 Å². The molecular formula is C28H17N3O. The Balaban J connectivity index is 1.63. The van der Waals surface area contributed by atoms with Crippen molar-refractivity contribution in [2.45, 2.75) is 6.42 Å². The Morgan fingerprint density at radius 1 is 0.688 bits per heavy atom. The van der Waals surface area contributed by atoms with E-state index in [1.165, 1.54) is 0 Å². The lowest BCUT2D eigenvalue weighted by Crippen LogP contribution is -2.00. The SMILES string of the molecule is C1#CCc2c(oc3cccc(-c4nc(-c5ccccc5)nc(-c5ccccc5)n4)c23)C=C1. The summed E-state index contributed by atoms with van der Waals surface area (Å²) < 4.78 is 6.12. The topological polar surface area (TPSA) is 51.8 Å². The molecule has 4 heteroatoms. The molecule has 0 saturated heterocycles. The molecule has 5 aromatic rings. The van der Waals surface area contributed by atoms with Gasteiger partial charge in [-0.1, -0.05) is 84.6 Å². The van der Waals surface area contributed by atoms with E-state index in [4.69, 9.17) is 19.4 Å². The average Bonchev–Trinajstić information content (AvgIpc) is 3.06. The maximum Gasteiger partial charge on any atom is 0.164 e. The van der Waals surface area contributed by atoms with Crippen LogP contribution in [0.4, 0.5) is 0 Å². The summed E-state index contributed by atoms with van der Waals surface area (Å²) in [7, 11) is 0. The van der Waals surface area contributed by atoms with Crippen LogP contribution in [0.3, 0.4) is 0 Å². The predicted molar refractivity (Wildman–Crippen MR) is 126 cm³/mol. The summed E-state index contributed by atoms with van der Waals surface area (Å²) in [5, 5.41) is 1.01. The first-order valence-electron chi connectivity index (χ1n) is 10.4. The molecule has 0 amide bonds. The van der Waals surface area contributed by atoms with Crippen molar-refractivity contribution in [1.29, 1.82) is 0 Å². The van der Waals surface area contributed by atoms with Gasteiger partial charge in [0.2, 0.25) is 0 Å². The Morgan fingerprint density at radius 3 is 2.03 bits per heavy atom. The van der Waals surface area contributed by atoms with E-state index in [1.807, 2.05) is 91.0 Å². The molecule has 0 radical (unpaired) electrons. The maximum absolute atomic E-state index is 6.12. The van der Waals surface area contributed by atoms with E-state index in [2.05, 4.69) is 11.8 Å². The summed E-state index contributed by atoms with van der Waals surface area (Å²) >= 11 is 0. The molecule has 1 aliphatic carbocycles. The smallest absolute Gasteiger partial charge is 0.164 e. The van der Waals surface area contributed by atoms with Crippen LogP contribution >= 0.6 is 0 Å². The first kappa shape index (κ1) is 18.3. The van der Waals surface area contributed by atoms with E-state index in [9.17, 15) is 0 Å². The maximum atomic E-state index is 6.12. The number of nitrogens with zero attached hydrogens (tertiary/aromatic N) is 3. The third-order valence-corrected chi connectivity index (χ3v) is 5.47. The highest BCUT2D eigenvalue weighted by atomic mass is 16.3. The zero-order valence-corrected chi connectivity index (χ0v) is 17.1. The number of benzene rings is 3.